The Balaban J connectivity index is 2.09. The molecule has 0 atom stereocenters. The second-order valence-corrected chi connectivity index (χ2v) is 8.99. The molecule has 0 aliphatic heterocycles. The molecule has 16 heavy (non-hydrogen) atoms. The first-order valence-corrected chi connectivity index (χ1v) is 8.91. The van der Waals surface area contributed by atoms with E-state index in [1.54, 1.807) is 0 Å². The van der Waals surface area contributed by atoms with Crippen molar-refractivity contribution in [2.75, 3.05) is 13.7 Å². The van der Waals surface area contributed by atoms with Crippen LogP contribution in [0, 0.1) is 0 Å². The summed E-state index contributed by atoms with van der Waals surface area (Å²) in [5.41, 5.74) is 1.10. The van der Waals surface area contributed by atoms with Crippen LogP contribution in [0.3, 0.4) is 0 Å². The van der Waals surface area contributed by atoms with E-state index in [0.717, 1.165) is 18.8 Å². The molecule has 0 amide bonds. The van der Waals surface area contributed by atoms with Crippen molar-refractivity contribution in [1.82, 2.24) is 10.3 Å². The van der Waals surface area contributed by atoms with Crippen LogP contribution < -0.4 is 5.32 Å². The molecule has 0 spiro atoms. The molecule has 0 saturated heterocycles. The molecular formula is C12H22N2OSi. The molecule has 0 radical (unpaired) electrons. The number of nitrogens with one attached hydrogen (secondary N) is 1. The van der Waals surface area contributed by atoms with Crippen LogP contribution in [-0.2, 0) is 11.0 Å². The third-order valence-electron chi connectivity index (χ3n) is 2.72. The third-order valence-corrected chi connectivity index (χ3v) is 5.38. The third kappa shape index (κ3) is 5.39. The van der Waals surface area contributed by atoms with Crippen molar-refractivity contribution in [3.8, 4) is 0 Å². The number of hydrogen-bond acceptors (Lipinski definition) is 3. The Kier molecular flexibility index (Phi) is 5.66. The van der Waals surface area contributed by atoms with Crippen molar-refractivity contribution in [2.24, 2.45) is 0 Å². The molecule has 0 bridgehead atoms. The molecule has 0 aliphatic carbocycles. The maximum Gasteiger partial charge on any atom is 0.186 e. The van der Waals surface area contributed by atoms with Gasteiger partial charge in [0.2, 0.25) is 0 Å². The van der Waals surface area contributed by atoms with Crippen LogP contribution in [0.5, 0.6) is 0 Å². The molecule has 1 rings (SSSR count). The lowest BCUT2D eigenvalue weighted by Gasteiger charge is -2.19. The molecule has 0 aliphatic rings. The largest absolute Gasteiger partial charge is 0.420 e. The summed E-state index contributed by atoms with van der Waals surface area (Å²) in [6, 6.07) is 7.21. The quantitative estimate of drug-likeness (QED) is 0.585. The van der Waals surface area contributed by atoms with Crippen molar-refractivity contribution in [3.05, 3.63) is 30.1 Å². The SMILES string of the molecule is CO[Si](C)(C)CCCNCc1ccccn1. The van der Waals surface area contributed by atoms with Crippen molar-refractivity contribution in [1.29, 1.82) is 0 Å². The lowest BCUT2D eigenvalue weighted by atomic mass is 10.3. The molecule has 0 saturated carbocycles. The fraction of sp³-hybridized carbons (Fsp3) is 0.583. The zero-order valence-electron chi connectivity index (χ0n) is 10.5. The molecule has 1 aromatic heterocycles. The molecule has 1 heterocycles. The van der Waals surface area contributed by atoms with E-state index in [2.05, 4.69) is 23.4 Å². The van der Waals surface area contributed by atoms with Gasteiger partial charge in [0.1, 0.15) is 0 Å². The topological polar surface area (TPSA) is 34.1 Å². The lowest BCUT2D eigenvalue weighted by molar-refractivity contribution is 0.401. The first-order valence-electron chi connectivity index (χ1n) is 5.80. The summed E-state index contributed by atoms with van der Waals surface area (Å²) in [6.07, 6.45) is 3.01. The standard InChI is InChI=1S/C12H22N2OSi/c1-15-16(2,3)10-6-8-13-11-12-7-4-5-9-14-12/h4-5,7,9,13H,6,8,10-11H2,1-3H3. The maximum absolute atomic E-state index is 5.50. The van der Waals surface area contributed by atoms with Gasteiger partial charge in [0, 0.05) is 19.9 Å². The van der Waals surface area contributed by atoms with Crippen LogP contribution >= 0.6 is 0 Å². The Bertz CT molecular complexity index is 290. The number of pyridine rings is 1. The molecule has 0 aromatic carbocycles. The number of aromatic nitrogens is 1. The highest BCUT2D eigenvalue weighted by molar-refractivity contribution is 6.71. The van der Waals surface area contributed by atoms with Crippen molar-refractivity contribution in [2.45, 2.75) is 32.1 Å². The van der Waals surface area contributed by atoms with Crippen LogP contribution in [-0.4, -0.2) is 27.0 Å². The van der Waals surface area contributed by atoms with Crippen LogP contribution in [0.2, 0.25) is 19.1 Å². The Labute approximate surface area is 99.4 Å². The summed E-state index contributed by atoms with van der Waals surface area (Å²) in [4.78, 5) is 4.26. The average Bonchev–Trinajstić information content (AvgIpc) is 2.30. The van der Waals surface area contributed by atoms with E-state index in [1.165, 1.54) is 12.5 Å². The van der Waals surface area contributed by atoms with Gasteiger partial charge in [0.25, 0.3) is 0 Å². The van der Waals surface area contributed by atoms with Gasteiger partial charge in [-0.2, -0.15) is 0 Å². The minimum Gasteiger partial charge on any atom is -0.420 e. The lowest BCUT2D eigenvalue weighted by Crippen LogP contribution is -2.29. The Hall–Kier alpha value is -0.713. The van der Waals surface area contributed by atoms with E-state index < -0.39 is 8.32 Å². The molecule has 1 N–H and O–H groups in total. The highest BCUT2D eigenvalue weighted by atomic mass is 28.4. The normalized spacial score (nSPS) is 11.7. The van der Waals surface area contributed by atoms with E-state index in [9.17, 15) is 0 Å². The van der Waals surface area contributed by atoms with E-state index in [0.29, 0.717) is 0 Å². The molecule has 1 aromatic rings. The van der Waals surface area contributed by atoms with Gasteiger partial charge >= 0.3 is 0 Å². The predicted molar refractivity (Wildman–Crippen MR) is 69.9 cm³/mol. The van der Waals surface area contributed by atoms with Crippen molar-refractivity contribution in [3.63, 3.8) is 0 Å². The summed E-state index contributed by atoms with van der Waals surface area (Å²) in [6.45, 7) is 6.41. The van der Waals surface area contributed by atoms with Crippen LogP contribution in [0.25, 0.3) is 0 Å². The Morgan fingerprint density at radius 2 is 2.19 bits per heavy atom. The molecule has 0 fully saturated rings. The van der Waals surface area contributed by atoms with Gasteiger partial charge in [-0.05, 0) is 44.2 Å². The zero-order valence-corrected chi connectivity index (χ0v) is 11.5. The van der Waals surface area contributed by atoms with E-state index in [1.807, 2.05) is 31.5 Å². The van der Waals surface area contributed by atoms with Gasteiger partial charge in [-0.15, -0.1) is 0 Å². The summed E-state index contributed by atoms with van der Waals surface area (Å²) >= 11 is 0. The Morgan fingerprint density at radius 3 is 2.81 bits per heavy atom. The fourth-order valence-corrected chi connectivity index (χ4v) is 2.69. The monoisotopic (exact) mass is 238 g/mol. The van der Waals surface area contributed by atoms with Gasteiger partial charge in [-0.25, -0.2) is 0 Å². The molecule has 0 unspecified atom stereocenters. The van der Waals surface area contributed by atoms with E-state index in [-0.39, 0.29) is 0 Å². The van der Waals surface area contributed by atoms with Gasteiger partial charge in [-0.3, -0.25) is 4.98 Å². The summed E-state index contributed by atoms with van der Waals surface area (Å²) < 4.78 is 5.50. The second-order valence-electron chi connectivity index (χ2n) is 4.57. The second kappa shape index (κ2) is 6.78. The Morgan fingerprint density at radius 1 is 1.38 bits per heavy atom. The minimum absolute atomic E-state index is 0.857. The number of nitrogens with zero attached hydrogens (tertiary/aromatic N) is 1. The van der Waals surface area contributed by atoms with E-state index >= 15 is 0 Å². The van der Waals surface area contributed by atoms with Crippen LogP contribution in [0.15, 0.2) is 24.4 Å². The van der Waals surface area contributed by atoms with Gasteiger partial charge in [0.15, 0.2) is 8.32 Å². The first kappa shape index (κ1) is 13.4. The highest BCUT2D eigenvalue weighted by Gasteiger charge is 2.19. The summed E-state index contributed by atoms with van der Waals surface area (Å²) in [5.74, 6) is 0. The number of hydrogen-bond donors (Lipinski definition) is 1. The zero-order chi connectivity index (χ0) is 11.9. The molecular weight excluding hydrogens is 216 g/mol. The van der Waals surface area contributed by atoms with Crippen LogP contribution in [0.1, 0.15) is 12.1 Å². The molecule has 3 nitrogen and oxygen atoms in total. The van der Waals surface area contributed by atoms with E-state index in [4.69, 9.17) is 4.43 Å². The molecule has 4 heteroatoms. The maximum atomic E-state index is 5.50. The van der Waals surface area contributed by atoms with Crippen molar-refractivity contribution < 1.29 is 4.43 Å². The highest BCUT2D eigenvalue weighted by Crippen LogP contribution is 2.11. The number of rotatable bonds is 7. The van der Waals surface area contributed by atoms with Gasteiger partial charge in [0.05, 0.1) is 5.69 Å². The molecule has 90 valence electrons. The minimum atomic E-state index is -1.36. The average molecular weight is 238 g/mol. The van der Waals surface area contributed by atoms with Gasteiger partial charge in [-0.1, -0.05) is 6.07 Å². The summed E-state index contributed by atoms with van der Waals surface area (Å²) in [7, 11) is 0.465. The first-order chi connectivity index (χ1) is 7.64. The van der Waals surface area contributed by atoms with Crippen LogP contribution in [0.4, 0.5) is 0 Å². The summed E-state index contributed by atoms with van der Waals surface area (Å²) in [5, 5.41) is 3.40. The smallest absolute Gasteiger partial charge is 0.186 e. The fourth-order valence-electron chi connectivity index (χ4n) is 1.46. The predicted octanol–water partition coefficient (Wildman–Crippen LogP) is 2.41. The van der Waals surface area contributed by atoms with Crippen molar-refractivity contribution >= 4 is 8.32 Å². The van der Waals surface area contributed by atoms with Gasteiger partial charge < -0.3 is 9.74 Å².